The van der Waals surface area contributed by atoms with Gasteiger partial charge in [-0.15, -0.1) is 0 Å². The zero-order chi connectivity index (χ0) is 19.3. The van der Waals surface area contributed by atoms with Crippen molar-refractivity contribution < 1.29 is 4.79 Å². The third-order valence-electron chi connectivity index (χ3n) is 6.09. The molecule has 2 aliphatic rings. The van der Waals surface area contributed by atoms with Gasteiger partial charge >= 0.3 is 0 Å². The Hall–Kier alpha value is -1.91. The lowest BCUT2D eigenvalue weighted by Crippen LogP contribution is -2.45. The first kappa shape index (κ1) is 19.4. The molecule has 0 spiro atoms. The molecular weight excluding hydrogens is 370 g/mol. The number of hydrogen-bond acceptors (Lipinski definition) is 3. The summed E-state index contributed by atoms with van der Waals surface area (Å²) in [6, 6.07) is 14.1. The first-order valence-corrected chi connectivity index (χ1v) is 10.7. The van der Waals surface area contributed by atoms with Crippen LogP contribution in [0.25, 0.3) is 0 Å². The van der Waals surface area contributed by atoms with Crippen LogP contribution in [-0.2, 0) is 11.3 Å². The monoisotopic (exact) mass is 397 g/mol. The molecule has 2 atom stereocenters. The number of nitrogens with one attached hydrogen (secondary N) is 1. The summed E-state index contributed by atoms with van der Waals surface area (Å²) in [7, 11) is 0. The van der Waals surface area contributed by atoms with E-state index in [-0.39, 0.29) is 17.9 Å². The predicted molar refractivity (Wildman–Crippen MR) is 112 cm³/mol. The number of nitrogens with zero attached hydrogens (tertiary/aromatic N) is 2. The minimum atomic E-state index is -0.0172. The Kier molecular flexibility index (Phi) is 6.28. The van der Waals surface area contributed by atoms with Crippen LogP contribution in [0.4, 0.5) is 0 Å². The summed E-state index contributed by atoms with van der Waals surface area (Å²) in [6.45, 7) is 2.93. The van der Waals surface area contributed by atoms with Gasteiger partial charge in [-0.2, -0.15) is 0 Å². The third kappa shape index (κ3) is 4.73. The molecule has 28 heavy (non-hydrogen) atoms. The van der Waals surface area contributed by atoms with Gasteiger partial charge in [-0.25, -0.2) is 0 Å². The number of piperidine rings is 1. The first-order chi connectivity index (χ1) is 13.7. The molecular formula is C23H28ClN3O. The molecule has 0 bridgehead atoms. The molecule has 2 aromatic rings. The quantitative estimate of drug-likeness (QED) is 0.774. The minimum Gasteiger partial charge on any atom is -0.347 e. The Balaban J connectivity index is 1.47. The second-order valence-electron chi connectivity index (χ2n) is 8.14. The maximum atomic E-state index is 12.7. The number of aromatic nitrogens is 1. The summed E-state index contributed by atoms with van der Waals surface area (Å²) < 4.78 is 0. The third-order valence-corrected chi connectivity index (χ3v) is 6.32. The molecule has 1 N–H and O–H groups in total. The number of benzene rings is 1. The molecule has 2 fully saturated rings. The molecule has 1 saturated heterocycles. The van der Waals surface area contributed by atoms with E-state index < -0.39 is 0 Å². The zero-order valence-corrected chi connectivity index (χ0v) is 16.9. The summed E-state index contributed by atoms with van der Waals surface area (Å²) >= 11 is 6.15. The number of amides is 1. The maximum absolute atomic E-state index is 12.7. The average molecular weight is 398 g/mol. The van der Waals surface area contributed by atoms with E-state index in [9.17, 15) is 4.79 Å². The van der Waals surface area contributed by atoms with Crippen LogP contribution in [0, 0.1) is 11.8 Å². The molecule has 2 heterocycles. The van der Waals surface area contributed by atoms with E-state index in [0.29, 0.717) is 5.92 Å². The summed E-state index contributed by atoms with van der Waals surface area (Å²) in [5.74, 6) is 0.762. The van der Waals surface area contributed by atoms with Crippen molar-refractivity contribution in [3.8, 4) is 0 Å². The molecule has 1 aliphatic carbocycles. The Labute approximate surface area is 172 Å². The highest BCUT2D eigenvalue weighted by Crippen LogP contribution is 2.32. The van der Waals surface area contributed by atoms with Crippen LogP contribution in [0.1, 0.15) is 49.4 Å². The van der Waals surface area contributed by atoms with Gasteiger partial charge in [-0.05, 0) is 68.0 Å². The van der Waals surface area contributed by atoms with Gasteiger partial charge in [-0.3, -0.25) is 14.7 Å². The summed E-state index contributed by atoms with van der Waals surface area (Å²) in [4.78, 5) is 19.8. The van der Waals surface area contributed by atoms with Crippen molar-refractivity contribution in [1.82, 2.24) is 15.2 Å². The highest BCUT2D eigenvalue weighted by Gasteiger charge is 2.33. The van der Waals surface area contributed by atoms with Crippen molar-refractivity contribution in [3.63, 3.8) is 0 Å². The van der Waals surface area contributed by atoms with E-state index >= 15 is 0 Å². The second-order valence-corrected chi connectivity index (χ2v) is 8.57. The Morgan fingerprint density at radius 1 is 1.18 bits per heavy atom. The van der Waals surface area contributed by atoms with Crippen molar-refractivity contribution in [2.24, 2.45) is 11.8 Å². The van der Waals surface area contributed by atoms with Crippen molar-refractivity contribution >= 4 is 17.5 Å². The van der Waals surface area contributed by atoms with E-state index in [4.69, 9.17) is 11.6 Å². The lowest BCUT2D eigenvalue weighted by Gasteiger charge is -2.38. The molecule has 1 aromatic carbocycles. The number of carbonyl (C=O) groups is 1. The molecule has 4 rings (SSSR count). The van der Waals surface area contributed by atoms with Gasteiger partial charge < -0.3 is 5.32 Å². The SMILES string of the molecule is O=C(N[C@H](c1ccccn1)[C@@H]1CCCN(Cc2cccc(Cl)c2)C1)C1CCC1. The molecule has 0 unspecified atom stereocenters. The van der Waals surface area contributed by atoms with Crippen LogP contribution < -0.4 is 5.32 Å². The van der Waals surface area contributed by atoms with Crippen LogP contribution in [-0.4, -0.2) is 28.9 Å². The highest BCUT2D eigenvalue weighted by atomic mass is 35.5. The van der Waals surface area contributed by atoms with Gasteiger partial charge in [0.2, 0.25) is 5.91 Å². The summed E-state index contributed by atoms with van der Waals surface area (Å²) in [5, 5.41) is 4.13. The van der Waals surface area contributed by atoms with E-state index in [1.54, 1.807) is 0 Å². The lowest BCUT2D eigenvalue weighted by molar-refractivity contribution is -0.128. The number of hydrogen-bond donors (Lipinski definition) is 1. The van der Waals surface area contributed by atoms with E-state index in [1.807, 2.05) is 42.6 Å². The fourth-order valence-corrected chi connectivity index (χ4v) is 4.55. The van der Waals surface area contributed by atoms with Crippen molar-refractivity contribution in [2.45, 2.75) is 44.7 Å². The average Bonchev–Trinajstić information content (AvgIpc) is 2.66. The largest absolute Gasteiger partial charge is 0.347 e. The van der Waals surface area contributed by atoms with E-state index in [0.717, 1.165) is 56.0 Å². The Morgan fingerprint density at radius 2 is 2.07 bits per heavy atom. The standard InChI is InChI=1S/C23H28ClN3O/c24-20-10-3-6-17(14-20)15-27-13-5-9-19(16-27)22(21-11-1-2-12-25-21)26-23(28)18-7-4-8-18/h1-3,6,10-12,14,18-19,22H,4-5,7-9,13,15-16H2,(H,26,28)/t19-,22+/m1/s1. The molecule has 5 heteroatoms. The molecule has 1 amide bonds. The van der Waals surface area contributed by atoms with Crippen LogP contribution in [0.15, 0.2) is 48.7 Å². The van der Waals surface area contributed by atoms with Gasteiger partial charge in [0.25, 0.3) is 0 Å². The number of halogens is 1. The lowest BCUT2D eigenvalue weighted by atomic mass is 9.83. The molecule has 1 aromatic heterocycles. The summed E-state index contributed by atoms with van der Waals surface area (Å²) in [5.41, 5.74) is 2.21. The van der Waals surface area contributed by atoms with Crippen LogP contribution in [0.2, 0.25) is 5.02 Å². The second kappa shape index (κ2) is 9.06. The number of rotatable bonds is 6. The number of likely N-dealkylation sites (tertiary alicyclic amines) is 1. The smallest absolute Gasteiger partial charge is 0.223 e. The van der Waals surface area contributed by atoms with E-state index in [2.05, 4.69) is 21.3 Å². The van der Waals surface area contributed by atoms with Crippen molar-refractivity contribution in [1.29, 1.82) is 0 Å². The zero-order valence-electron chi connectivity index (χ0n) is 16.2. The minimum absolute atomic E-state index is 0.0172. The first-order valence-electron chi connectivity index (χ1n) is 10.4. The number of pyridine rings is 1. The number of carbonyl (C=O) groups excluding carboxylic acids is 1. The van der Waals surface area contributed by atoms with Crippen molar-refractivity contribution in [2.75, 3.05) is 13.1 Å². The van der Waals surface area contributed by atoms with Gasteiger partial charge in [0.15, 0.2) is 0 Å². The predicted octanol–water partition coefficient (Wildman–Crippen LogP) is 4.60. The maximum Gasteiger partial charge on any atom is 0.223 e. The normalized spacial score (nSPS) is 21.7. The molecule has 1 saturated carbocycles. The van der Waals surface area contributed by atoms with Gasteiger partial charge in [-0.1, -0.05) is 36.2 Å². The van der Waals surface area contributed by atoms with Gasteiger partial charge in [0, 0.05) is 30.2 Å². The molecule has 1 aliphatic heterocycles. The van der Waals surface area contributed by atoms with Gasteiger partial charge in [0.1, 0.15) is 0 Å². The van der Waals surface area contributed by atoms with Gasteiger partial charge in [0.05, 0.1) is 11.7 Å². The molecule has 4 nitrogen and oxygen atoms in total. The topological polar surface area (TPSA) is 45.2 Å². The molecule has 148 valence electrons. The van der Waals surface area contributed by atoms with Crippen LogP contribution >= 0.6 is 11.6 Å². The highest BCUT2D eigenvalue weighted by molar-refractivity contribution is 6.30. The fraction of sp³-hybridized carbons (Fsp3) is 0.478. The van der Waals surface area contributed by atoms with Crippen molar-refractivity contribution in [3.05, 3.63) is 64.9 Å². The Morgan fingerprint density at radius 3 is 2.79 bits per heavy atom. The molecule has 0 radical (unpaired) electrons. The summed E-state index contributed by atoms with van der Waals surface area (Å²) in [6.07, 6.45) is 7.28. The Bertz CT molecular complexity index is 793. The van der Waals surface area contributed by atoms with Crippen LogP contribution in [0.3, 0.4) is 0 Å². The fourth-order valence-electron chi connectivity index (χ4n) is 4.34. The van der Waals surface area contributed by atoms with Crippen LogP contribution in [0.5, 0.6) is 0 Å². The van der Waals surface area contributed by atoms with E-state index in [1.165, 1.54) is 12.0 Å².